The molecule has 1 saturated heterocycles. The average molecular weight is 285 g/mol. The maximum Gasteiger partial charge on any atom is 0.407 e. The fraction of sp³-hybridized carbons (Fsp3) is 0.375. The summed E-state index contributed by atoms with van der Waals surface area (Å²) in [6.45, 7) is 3.83. The number of pyridine rings is 1. The van der Waals surface area contributed by atoms with Crippen molar-refractivity contribution >= 4 is 17.0 Å². The lowest BCUT2D eigenvalue weighted by Gasteiger charge is -2.33. The first-order valence-electron chi connectivity index (χ1n) is 7.26. The Labute approximate surface area is 123 Å². The Bertz CT molecular complexity index is 636. The molecule has 0 atom stereocenters. The van der Waals surface area contributed by atoms with Crippen molar-refractivity contribution in [2.45, 2.75) is 6.42 Å². The van der Waals surface area contributed by atoms with Crippen LogP contribution in [-0.2, 0) is 6.42 Å². The Morgan fingerprint density at radius 3 is 2.76 bits per heavy atom. The van der Waals surface area contributed by atoms with Gasteiger partial charge in [-0.3, -0.25) is 9.88 Å². The summed E-state index contributed by atoms with van der Waals surface area (Å²) in [6.07, 6.45) is 1.98. The number of rotatable bonds is 3. The monoisotopic (exact) mass is 285 g/mol. The van der Waals surface area contributed by atoms with Crippen LogP contribution in [0.1, 0.15) is 5.56 Å². The Kier molecular flexibility index (Phi) is 4.01. The Balaban J connectivity index is 1.56. The largest absolute Gasteiger partial charge is 0.465 e. The molecule has 5 heteroatoms. The van der Waals surface area contributed by atoms with Crippen molar-refractivity contribution in [3.63, 3.8) is 0 Å². The van der Waals surface area contributed by atoms with E-state index in [4.69, 9.17) is 5.11 Å². The van der Waals surface area contributed by atoms with Gasteiger partial charge in [-0.05, 0) is 30.2 Å². The molecule has 21 heavy (non-hydrogen) atoms. The van der Waals surface area contributed by atoms with Crippen LogP contribution < -0.4 is 0 Å². The summed E-state index contributed by atoms with van der Waals surface area (Å²) in [6, 6.07) is 10.4. The molecule has 0 aliphatic carbocycles. The Hall–Kier alpha value is -2.14. The number of fused-ring (bicyclic) bond motifs is 1. The zero-order valence-electron chi connectivity index (χ0n) is 11.9. The fourth-order valence-electron chi connectivity index (χ4n) is 2.73. The van der Waals surface area contributed by atoms with Gasteiger partial charge in [0.15, 0.2) is 0 Å². The third-order valence-corrected chi connectivity index (χ3v) is 4.03. The minimum absolute atomic E-state index is 0.608. The Morgan fingerprint density at radius 2 is 2.00 bits per heavy atom. The topological polar surface area (TPSA) is 56.7 Å². The lowest BCUT2D eigenvalue weighted by atomic mass is 10.1. The molecule has 2 aromatic rings. The zero-order chi connectivity index (χ0) is 14.7. The molecule has 0 bridgehead atoms. The minimum Gasteiger partial charge on any atom is -0.465 e. The van der Waals surface area contributed by atoms with E-state index < -0.39 is 6.09 Å². The van der Waals surface area contributed by atoms with Gasteiger partial charge < -0.3 is 10.0 Å². The zero-order valence-corrected chi connectivity index (χ0v) is 11.9. The third kappa shape index (κ3) is 3.31. The van der Waals surface area contributed by atoms with Gasteiger partial charge in [-0.15, -0.1) is 0 Å². The van der Waals surface area contributed by atoms with E-state index >= 15 is 0 Å². The first-order chi connectivity index (χ1) is 10.2. The van der Waals surface area contributed by atoms with E-state index in [1.54, 1.807) is 0 Å². The number of nitrogens with zero attached hydrogens (tertiary/aromatic N) is 3. The molecule has 1 amide bonds. The van der Waals surface area contributed by atoms with Crippen molar-refractivity contribution in [3.05, 3.63) is 42.1 Å². The van der Waals surface area contributed by atoms with Gasteiger partial charge in [-0.2, -0.15) is 0 Å². The SMILES string of the molecule is O=C(O)N1CCN(CCc2ccc3ncccc3c2)CC1. The molecular weight excluding hydrogens is 266 g/mol. The molecule has 0 unspecified atom stereocenters. The molecule has 0 saturated carbocycles. The summed E-state index contributed by atoms with van der Waals surface area (Å²) in [5.74, 6) is 0. The van der Waals surface area contributed by atoms with E-state index in [9.17, 15) is 4.79 Å². The number of hydrogen-bond donors (Lipinski definition) is 1. The molecule has 1 aliphatic rings. The standard InChI is InChI=1S/C16H19N3O2/c20-16(21)19-10-8-18(9-11-19)7-5-13-3-4-15-14(12-13)2-1-6-17-15/h1-4,6,12H,5,7-11H2,(H,20,21). The van der Waals surface area contributed by atoms with Crippen molar-refractivity contribution in [2.24, 2.45) is 0 Å². The van der Waals surface area contributed by atoms with Crippen LogP contribution in [0.2, 0.25) is 0 Å². The first kappa shape index (κ1) is 13.8. The quantitative estimate of drug-likeness (QED) is 0.938. The third-order valence-electron chi connectivity index (χ3n) is 4.03. The highest BCUT2D eigenvalue weighted by Gasteiger charge is 2.19. The van der Waals surface area contributed by atoms with Gasteiger partial charge in [0, 0.05) is 44.3 Å². The number of hydrogen-bond acceptors (Lipinski definition) is 3. The highest BCUT2D eigenvalue weighted by atomic mass is 16.4. The summed E-state index contributed by atoms with van der Waals surface area (Å²) < 4.78 is 0. The van der Waals surface area contributed by atoms with Crippen LogP contribution in [0.4, 0.5) is 4.79 Å². The first-order valence-corrected chi connectivity index (χ1v) is 7.26. The number of carbonyl (C=O) groups is 1. The summed E-state index contributed by atoms with van der Waals surface area (Å²) in [7, 11) is 0. The van der Waals surface area contributed by atoms with Gasteiger partial charge in [-0.1, -0.05) is 12.1 Å². The number of aromatic nitrogens is 1. The van der Waals surface area contributed by atoms with Crippen molar-refractivity contribution in [1.82, 2.24) is 14.8 Å². The highest BCUT2D eigenvalue weighted by molar-refractivity contribution is 5.78. The van der Waals surface area contributed by atoms with Crippen molar-refractivity contribution in [3.8, 4) is 0 Å². The molecule has 110 valence electrons. The average Bonchev–Trinajstić information content (AvgIpc) is 2.53. The molecule has 1 aromatic carbocycles. The van der Waals surface area contributed by atoms with Crippen molar-refractivity contribution in [1.29, 1.82) is 0 Å². The predicted octanol–water partition coefficient (Wildman–Crippen LogP) is 2.07. The maximum atomic E-state index is 10.9. The van der Waals surface area contributed by atoms with Crippen molar-refractivity contribution in [2.75, 3.05) is 32.7 Å². The van der Waals surface area contributed by atoms with Gasteiger partial charge in [0.05, 0.1) is 5.52 Å². The second-order valence-electron chi connectivity index (χ2n) is 5.39. The summed E-state index contributed by atoms with van der Waals surface area (Å²) in [5.41, 5.74) is 2.33. The summed E-state index contributed by atoms with van der Waals surface area (Å²) in [4.78, 5) is 19.0. The number of amides is 1. The molecule has 2 heterocycles. The molecule has 1 fully saturated rings. The van der Waals surface area contributed by atoms with Gasteiger partial charge >= 0.3 is 6.09 Å². The van der Waals surface area contributed by atoms with Crippen LogP contribution in [0.15, 0.2) is 36.5 Å². The molecule has 3 rings (SSSR count). The van der Waals surface area contributed by atoms with Gasteiger partial charge in [0.25, 0.3) is 0 Å². The van der Waals surface area contributed by atoms with Gasteiger partial charge in [0.1, 0.15) is 0 Å². The summed E-state index contributed by atoms with van der Waals surface area (Å²) >= 11 is 0. The molecule has 0 spiro atoms. The molecule has 0 radical (unpaired) electrons. The molecule has 5 nitrogen and oxygen atoms in total. The Morgan fingerprint density at radius 1 is 1.19 bits per heavy atom. The lowest BCUT2D eigenvalue weighted by Crippen LogP contribution is -2.48. The minimum atomic E-state index is -0.809. The normalized spacial score (nSPS) is 16.3. The second kappa shape index (κ2) is 6.10. The van der Waals surface area contributed by atoms with Crippen LogP contribution >= 0.6 is 0 Å². The lowest BCUT2D eigenvalue weighted by molar-refractivity contribution is 0.106. The van der Waals surface area contributed by atoms with Crippen LogP contribution in [0.3, 0.4) is 0 Å². The second-order valence-corrected chi connectivity index (χ2v) is 5.39. The number of piperazine rings is 1. The predicted molar refractivity (Wildman–Crippen MR) is 81.5 cm³/mol. The van der Waals surface area contributed by atoms with Crippen molar-refractivity contribution < 1.29 is 9.90 Å². The van der Waals surface area contributed by atoms with Crippen LogP contribution in [0.25, 0.3) is 10.9 Å². The number of benzene rings is 1. The van der Waals surface area contributed by atoms with E-state index in [1.807, 2.05) is 12.3 Å². The molecular formula is C16H19N3O2. The highest BCUT2D eigenvalue weighted by Crippen LogP contribution is 2.14. The van der Waals surface area contributed by atoms with Crippen LogP contribution in [-0.4, -0.2) is 58.7 Å². The van der Waals surface area contributed by atoms with E-state index in [1.165, 1.54) is 15.8 Å². The number of carboxylic acid groups (broad SMARTS) is 1. The summed E-state index contributed by atoms with van der Waals surface area (Å²) in [5, 5.41) is 10.1. The molecule has 1 aliphatic heterocycles. The fourth-order valence-corrected chi connectivity index (χ4v) is 2.73. The van der Waals surface area contributed by atoms with E-state index in [2.05, 4.69) is 34.1 Å². The smallest absolute Gasteiger partial charge is 0.407 e. The van der Waals surface area contributed by atoms with Crippen LogP contribution in [0, 0.1) is 0 Å². The molecule has 1 aromatic heterocycles. The van der Waals surface area contributed by atoms with E-state index in [0.717, 1.165) is 31.6 Å². The maximum absolute atomic E-state index is 10.9. The molecule has 1 N–H and O–H groups in total. The van der Waals surface area contributed by atoms with Gasteiger partial charge in [0.2, 0.25) is 0 Å². The van der Waals surface area contributed by atoms with Gasteiger partial charge in [-0.25, -0.2) is 4.79 Å². The van der Waals surface area contributed by atoms with Crippen LogP contribution in [0.5, 0.6) is 0 Å². The van der Waals surface area contributed by atoms with E-state index in [0.29, 0.717) is 13.1 Å². The van der Waals surface area contributed by atoms with E-state index in [-0.39, 0.29) is 0 Å².